The third-order valence-corrected chi connectivity index (χ3v) is 7.50. The fourth-order valence-corrected chi connectivity index (χ4v) is 5.58. The van der Waals surface area contributed by atoms with Crippen LogP contribution in [0.25, 0.3) is 0 Å². The maximum atomic E-state index is 13.4. The normalized spacial score (nSPS) is 16.6. The molecule has 1 spiro atoms. The van der Waals surface area contributed by atoms with Gasteiger partial charge in [-0.25, -0.2) is 14.6 Å². The summed E-state index contributed by atoms with van der Waals surface area (Å²) >= 11 is 1.25. The Bertz CT molecular complexity index is 1110. The molecule has 0 bridgehead atoms. The van der Waals surface area contributed by atoms with Crippen LogP contribution in [0.1, 0.15) is 60.0 Å². The molecule has 0 unspecified atom stereocenters. The lowest BCUT2D eigenvalue weighted by Gasteiger charge is -2.22. The molecule has 2 fully saturated rings. The fourth-order valence-electron chi connectivity index (χ4n) is 4.64. The Balaban J connectivity index is 1.50. The van der Waals surface area contributed by atoms with Gasteiger partial charge < -0.3 is 10.1 Å². The summed E-state index contributed by atoms with van der Waals surface area (Å²) in [4.78, 5) is 58.9. The van der Waals surface area contributed by atoms with Gasteiger partial charge in [0.1, 0.15) is 5.54 Å². The van der Waals surface area contributed by atoms with Crippen molar-refractivity contribution in [2.24, 2.45) is 0 Å². The molecule has 186 valence electrons. The van der Waals surface area contributed by atoms with Gasteiger partial charge in [0.05, 0.1) is 6.61 Å². The van der Waals surface area contributed by atoms with Crippen molar-refractivity contribution in [1.82, 2.24) is 15.2 Å². The van der Waals surface area contributed by atoms with Gasteiger partial charge in [0, 0.05) is 24.4 Å². The van der Waals surface area contributed by atoms with Crippen molar-refractivity contribution in [3.05, 3.63) is 46.5 Å². The molecule has 4 rings (SSSR count). The highest BCUT2D eigenvalue weighted by Gasteiger charge is 2.52. The number of ether oxygens (including phenoxy) is 1. The van der Waals surface area contributed by atoms with E-state index in [0.717, 1.165) is 23.3 Å². The first-order chi connectivity index (χ1) is 16.8. The Morgan fingerprint density at radius 2 is 1.91 bits per heavy atom. The number of aryl methyl sites for hydroxylation is 1. The van der Waals surface area contributed by atoms with Crippen LogP contribution in [0.4, 0.5) is 9.93 Å². The second-order valence-corrected chi connectivity index (χ2v) is 10.0. The molecule has 1 saturated heterocycles. The Labute approximate surface area is 208 Å². The average Bonchev–Trinajstić information content (AvgIpc) is 3.53. The first kappa shape index (κ1) is 24.8. The molecule has 2 heterocycles. The number of thiazole rings is 1. The molecular weight excluding hydrogens is 468 g/mol. The van der Waals surface area contributed by atoms with Gasteiger partial charge in [0.2, 0.25) is 5.91 Å². The molecular formula is C25H30N4O5S. The van der Waals surface area contributed by atoms with Crippen molar-refractivity contribution in [2.75, 3.05) is 24.6 Å². The highest BCUT2D eigenvalue weighted by molar-refractivity contribution is 7.16. The van der Waals surface area contributed by atoms with Crippen LogP contribution in [0, 0.1) is 6.92 Å². The second kappa shape index (κ2) is 10.6. The van der Waals surface area contributed by atoms with Crippen LogP contribution in [0.3, 0.4) is 0 Å². The van der Waals surface area contributed by atoms with E-state index in [0.29, 0.717) is 35.8 Å². The van der Waals surface area contributed by atoms with Crippen molar-refractivity contribution in [1.29, 1.82) is 0 Å². The Morgan fingerprint density at radius 3 is 2.60 bits per heavy atom. The van der Waals surface area contributed by atoms with E-state index in [1.165, 1.54) is 16.2 Å². The monoisotopic (exact) mass is 498 g/mol. The first-order valence-electron chi connectivity index (χ1n) is 12.0. The highest BCUT2D eigenvalue weighted by Crippen LogP contribution is 2.35. The number of imide groups is 1. The van der Waals surface area contributed by atoms with Crippen molar-refractivity contribution < 1.29 is 23.9 Å². The maximum absolute atomic E-state index is 13.4. The summed E-state index contributed by atoms with van der Waals surface area (Å²) in [5.74, 6) is -1.03. The average molecular weight is 499 g/mol. The molecule has 10 heteroatoms. The van der Waals surface area contributed by atoms with Crippen molar-refractivity contribution >= 4 is 40.3 Å². The minimum Gasteiger partial charge on any atom is -0.461 e. The molecule has 0 atom stereocenters. The van der Waals surface area contributed by atoms with E-state index in [4.69, 9.17) is 4.74 Å². The number of nitrogens with zero attached hydrogens (tertiary/aromatic N) is 3. The van der Waals surface area contributed by atoms with E-state index in [1.54, 1.807) is 13.8 Å². The summed E-state index contributed by atoms with van der Waals surface area (Å²) in [6.45, 7) is 4.07. The van der Waals surface area contributed by atoms with E-state index in [9.17, 15) is 19.2 Å². The minimum absolute atomic E-state index is 0.00216. The Morgan fingerprint density at radius 1 is 1.20 bits per heavy atom. The number of amides is 4. The second-order valence-electron chi connectivity index (χ2n) is 8.83. The molecule has 1 aliphatic carbocycles. The number of carbonyl (C=O) groups is 4. The number of urea groups is 1. The number of anilines is 1. The van der Waals surface area contributed by atoms with E-state index in [-0.39, 0.29) is 37.1 Å². The van der Waals surface area contributed by atoms with Crippen LogP contribution < -0.4 is 10.2 Å². The standard InChI is InChI=1S/C25H30N4O5S/c1-3-34-21(31)20-17(2)35-24(26-20)28(15-11-18-9-5-4-6-10-18)19(30)12-16-29-22(32)25(27-23(29)33)13-7-8-14-25/h4-6,9-10H,3,7-8,11-16H2,1-2H3,(H,27,33). The molecule has 1 aromatic heterocycles. The van der Waals surface area contributed by atoms with Gasteiger partial charge >= 0.3 is 12.0 Å². The van der Waals surface area contributed by atoms with Crippen LogP contribution in [0.2, 0.25) is 0 Å². The van der Waals surface area contributed by atoms with E-state index >= 15 is 0 Å². The molecule has 0 radical (unpaired) electrons. The zero-order chi connectivity index (χ0) is 25.0. The molecule has 1 aromatic carbocycles. The maximum Gasteiger partial charge on any atom is 0.358 e. The largest absolute Gasteiger partial charge is 0.461 e. The predicted octanol–water partition coefficient (Wildman–Crippen LogP) is 3.46. The fraction of sp³-hybridized carbons (Fsp3) is 0.480. The number of benzene rings is 1. The number of nitrogens with one attached hydrogen (secondary N) is 1. The molecule has 2 aliphatic rings. The molecule has 1 aliphatic heterocycles. The van der Waals surface area contributed by atoms with Gasteiger partial charge in [-0.2, -0.15) is 0 Å². The number of esters is 1. The summed E-state index contributed by atoms with van der Waals surface area (Å²) in [6.07, 6.45) is 3.64. The number of hydrogen-bond acceptors (Lipinski definition) is 7. The SMILES string of the molecule is CCOC(=O)c1nc(N(CCc2ccccc2)C(=O)CCN2C(=O)NC3(CCCC3)C2=O)sc1C. The Kier molecular flexibility index (Phi) is 7.49. The van der Waals surface area contributed by atoms with Gasteiger partial charge in [-0.3, -0.25) is 19.4 Å². The van der Waals surface area contributed by atoms with E-state index in [1.807, 2.05) is 30.3 Å². The summed E-state index contributed by atoms with van der Waals surface area (Å²) in [5.41, 5.74) is 0.455. The number of rotatable bonds is 9. The van der Waals surface area contributed by atoms with Gasteiger partial charge in [-0.1, -0.05) is 43.2 Å². The summed E-state index contributed by atoms with van der Waals surface area (Å²) in [5, 5.41) is 3.25. The molecule has 9 nitrogen and oxygen atoms in total. The number of carbonyl (C=O) groups excluding carboxylic acids is 4. The van der Waals surface area contributed by atoms with Gasteiger partial charge in [-0.15, -0.1) is 11.3 Å². The first-order valence-corrected chi connectivity index (χ1v) is 12.8. The third kappa shape index (κ3) is 5.22. The van der Waals surface area contributed by atoms with Crippen LogP contribution in [-0.2, 0) is 20.7 Å². The van der Waals surface area contributed by atoms with Gasteiger partial charge in [0.25, 0.3) is 5.91 Å². The van der Waals surface area contributed by atoms with Crippen molar-refractivity contribution in [2.45, 2.75) is 57.9 Å². The summed E-state index contributed by atoms with van der Waals surface area (Å²) in [6, 6.07) is 9.32. The Hall–Kier alpha value is -3.27. The van der Waals surface area contributed by atoms with Gasteiger partial charge in [0.15, 0.2) is 10.8 Å². The third-order valence-electron chi connectivity index (χ3n) is 6.51. The molecule has 1 saturated carbocycles. The topological polar surface area (TPSA) is 109 Å². The van der Waals surface area contributed by atoms with Crippen LogP contribution in [0.15, 0.2) is 30.3 Å². The molecule has 4 amide bonds. The molecule has 1 N–H and O–H groups in total. The van der Waals surface area contributed by atoms with E-state index in [2.05, 4.69) is 10.3 Å². The smallest absolute Gasteiger partial charge is 0.358 e. The lowest BCUT2D eigenvalue weighted by atomic mass is 9.98. The zero-order valence-electron chi connectivity index (χ0n) is 20.0. The highest BCUT2D eigenvalue weighted by atomic mass is 32.1. The van der Waals surface area contributed by atoms with E-state index < -0.39 is 17.5 Å². The predicted molar refractivity (Wildman–Crippen MR) is 131 cm³/mol. The summed E-state index contributed by atoms with van der Waals surface area (Å²) in [7, 11) is 0. The number of aromatic nitrogens is 1. The lowest BCUT2D eigenvalue weighted by molar-refractivity contribution is -0.131. The van der Waals surface area contributed by atoms with Gasteiger partial charge in [-0.05, 0) is 38.7 Å². The number of hydrogen-bond donors (Lipinski definition) is 1. The van der Waals surface area contributed by atoms with Crippen LogP contribution in [-0.4, -0.2) is 58.9 Å². The molecule has 35 heavy (non-hydrogen) atoms. The van der Waals surface area contributed by atoms with Crippen LogP contribution >= 0.6 is 11.3 Å². The van der Waals surface area contributed by atoms with Crippen molar-refractivity contribution in [3.8, 4) is 0 Å². The minimum atomic E-state index is -0.798. The quantitative estimate of drug-likeness (QED) is 0.419. The molecule has 2 aromatic rings. The zero-order valence-corrected chi connectivity index (χ0v) is 20.9. The van der Waals surface area contributed by atoms with Crippen molar-refractivity contribution in [3.63, 3.8) is 0 Å². The van der Waals surface area contributed by atoms with Crippen LogP contribution in [0.5, 0.6) is 0 Å². The summed E-state index contributed by atoms with van der Waals surface area (Å²) < 4.78 is 5.09. The lowest BCUT2D eigenvalue weighted by Crippen LogP contribution is -2.44.